The number of hydrogen-bond acceptors (Lipinski definition) is 5. The first-order valence-electron chi connectivity index (χ1n) is 8.65. The van der Waals surface area contributed by atoms with Gasteiger partial charge in [0.25, 0.3) is 5.91 Å². The van der Waals surface area contributed by atoms with E-state index in [0.717, 1.165) is 6.07 Å². The number of nitrogens with zero attached hydrogens (tertiary/aromatic N) is 3. The Morgan fingerprint density at radius 1 is 1.18 bits per heavy atom. The van der Waals surface area contributed by atoms with Crippen LogP contribution in [-0.4, -0.2) is 59.5 Å². The number of aromatic nitrogens is 1. The van der Waals surface area contributed by atoms with Gasteiger partial charge in [-0.25, -0.2) is 0 Å². The van der Waals surface area contributed by atoms with Crippen LogP contribution >= 0.6 is 0 Å². The lowest BCUT2D eigenvalue weighted by molar-refractivity contribution is -0.137. The van der Waals surface area contributed by atoms with Gasteiger partial charge in [0.2, 0.25) is 11.7 Å². The van der Waals surface area contributed by atoms with Gasteiger partial charge in [0.1, 0.15) is 0 Å². The normalized spacial score (nSPS) is 15.5. The Bertz CT molecular complexity index is 858. The Labute approximate surface area is 159 Å². The lowest BCUT2D eigenvalue weighted by atomic mass is 10.1. The molecule has 0 saturated carbocycles. The van der Waals surface area contributed by atoms with E-state index in [1.54, 1.807) is 22.8 Å². The van der Waals surface area contributed by atoms with Crippen molar-refractivity contribution in [2.24, 2.45) is 0 Å². The first-order valence-corrected chi connectivity index (χ1v) is 8.65. The van der Waals surface area contributed by atoms with Crippen molar-refractivity contribution < 1.29 is 27.3 Å². The predicted molar refractivity (Wildman–Crippen MR) is 93.7 cm³/mol. The summed E-state index contributed by atoms with van der Waals surface area (Å²) >= 11 is 0. The smallest absolute Gasteiger partial charge is 0.351 e. The van der Waals surface area contributed by atoms with Crippen molar-refractivity contribution in [1.29, 1.82) is 0 Å². The third kappa shape index (κ3) is 4.69. The van der Waals surface area contributed by atoms with Crippen LogP contribution in [0.2, 0.25) is 0 Å². The SMILES string of the molecule is Cc1cc(C(=O)N2CCN(CC(=O)Nc3ccccc3C(F)(F)F)CC2)on1. The zero-order valence-electron chi connectivity index (χ0n) is 15.1. The number of anilines is 1. The largest absolute Gasteiger partial charge is 0.418 e. The first-order chi connectivity index (χ1) is 13.2. The van der Waals surface area contributed by atoms with Gasteiger partial charge in [0.15, 0.2) is 0 Å². The fourth-order valence-electron chi connectivity index (χ4n) is 2.96. The Kier molecular flexibility index (Phi) is 5.68. The molecule has 0 radical (unpaired) electrons. The quantitative estimate of drug-likeness (QED) is 0.859. The molecule has 7 nitrogen and oxygen atoms in total. The summed E-state index contributed by atoms with van der Waals surface area (Å²) < 4.78 is 44.0. The number of aryl methyl sites for hydroxylation is 1. The van der Waals surface area contributed by atoms with E-state index in [0.29, 0.717) is 31.9 Å². The minimum absolute atomic E-state index is 0.0599. The van der Waals surface area contributed by atoms with Crippen LogP contribution in [0, 0.1) is 6.92 Å². The van der Waals surface area contributed by atoms with Gasteiger partial charge >= 0.3 is 6.18 Å². The van der Waals surface area contributed by atoms with Crippen molar-refractivity contribution in [3.8, 4) is 0 Å². The van der Waals surface area contributed by atoms with Crippen LogP contribution in [-0.2, 0) is 11.0 Å². The number of piperazine rings is 1. The first kappa shape index (κ1) is 19.9. The predicted octanol–water partition coefficient (Wildman–Crippen LogP) is 2.40. The summed E-state index contributed by atoms with van der Waals surface area (Å²) in [6, 6.07) is 6.40. The van der Waals surface area contributed by atoms with Gasteiger partial charge in [-0.2, -0.15) is 13.2 Å². The molecular formula is C18H19F3N4O3. The summed E-state index contributed by atoms with van der Waals surface area (Å²) in [6.07, 6.45) is -4.55. The molecule has 0 atom stereocenters. The van der Waals surface area contributed by atoms with Crippen molar-refractivity contribution in [3.63, 3.8) is 0 Å². The molecule has 1 aromatic heterocycles. The Morgan fingerprint density at radius 3 is 2.46 bits per heavy atom. The average molecular weight is 396 g/mol. The number of carbonyl (C=O) groups is 2. The summed E-state index contributed by atoms with van der Waals surface area (Å²) in [6.45, 7) is 3.26. The summed E-state index contributed by atoms with van der Waals surface area (Å²) in [5.74, 6) is -0.654. The van der Waals surface area contributed by atoms with E-state index < -0.39 is 17.6 Å². The molecule has 2 heterocycles. The van der Waals surface area contributed by atoms with Crippen LogP contribution in [0.4, 0.5) is 18.9 Å². The Balaban J connectivity index is 1.53. The number of para-hydroxylation sites is 1. The molecule has 1 aliphatic rings. The van der Waals surface area contributed by atoms with Gasteiger partial charge in [0.05, 0.1) is 23.5 Å². The maximum atomic E-state index is 13.0. The zero-order chi connectivity index (χ0) is 20.3. The van der Waals surface area contributed by atoms with Gasteiger partial charge in [-0.3, -0.25) is 14.5 Å². The Hall–Kier alpha value is -2.88. The highest BCUT2D eigenvalue weighted by atomic mass is 19.4. The molecule has 10 heteroatoms. The van der Waals surface area contributed by atoms with E-state index in [9.17, 15) is 22.8 Å². The van der Waals surface area contributed by atoms with E-state index in [4.69, 9.17) is 4.52 Å². The van der Waals surface area contributed by atoms with Crippen LogP contribution in [0.25, 0.3) is 0 Å². The van der Waals surface area contributed by atoms with Gasteiger partial charge in [0, 0.05) is 32.2 Å². The standard InChI is InChI=1S/C18H19F3N4O3/c1-12-10-15(28-23-12)17(27)25-8-6-24(7-9-25)11-16(26)22-14-5-3-2-4-13(14)18(19,20)21/h2-5,10H,6-9,11H2,1H3,(H,22,26). The van der Waals surface area contributed by atoms with E-state index in [1.807, 2.05) is 0 Å². The highest BCUT2D eigenvalue weighted by Gasteiger charge is 2.33. The van der Waals surface area contributed by atoms with Crippen molar-refractivity contribution in [2.75, 3.05) is 38.0 Å². The molecule has 0 bridgehead atoms. The number of halogens is 3. The minimum Gasteiger partial charge on any atom is -0.351 e. The maximum Gasteiger partial charge on any atom is 0.418 e. The van der Waals surface area contributed by atoms with E-state index in [-0.39, 0.29) is 23.9 Å². The second-order valence-electron chi connectivity index (χ2n) is 6.49. The molecule has 0 spiro atoms. The molecule has 0 aliphatic carbocycles. The molecular weight excluding hydrogens is 377 g/mol. The molecule has 1 aliphatic heterocycles. The fourth-order valence-corrected chi connectivity index (χ4v) is 2.96. The number of hydrogen-bond donors (Lipinski definition) is 1. The van der Waals surface area contributed by atoms with Gasteiger partial charge < -0.3 is 14.7 Å². The summed E-state index contributed by atoms with van der Waals surface area (Å²) in [5.41, 5.74) is -0.548. The molecule has 1 fully saturated rings. The molecule has 3 rings (SSSR count). The lowest BCUT2D eigenvalue weighted by Gasteiger charge is -2.33. The minimum atomic E-state index is -4.55. The number of amides is 2. The number of rotatable bonds is 4. The third-order valence-electron chi connectivity index (χ3n) is 4.37. The average Bonchev–Trinajstić information content (AvgIpc) is 3.07. The highest BCUT2D eigenvalue weighted by Crippen LogP contribution is 2.34. The molecule has 1 aromatic carbocycles. The van der Waals surface area contributed by atoms with Crippen LogP contribution in [0.1, 0.15) is 21.8 Å². The number of carbonyl (C=O) groups excluding carboxylic acids is 2. The van der Waals surface area contributed by atoms with Gasteiger partial charge in [-0.1, -0.05) is 17.3 Å². The maximum absolute atomic E-state index is 13.0. The zero-order valence-corrected chi connectivity index (χ0v) is 15.1. The molecule has 150 valence electrons. The Morgan fingerprint density at radius 2 is 1.86 bits per heavy atom. The number of alkyl halides is 3. The van der Waals surface area contributed by atoms with Crippen LogP contribution in [0.15, 0.2) is 34.9 Å². The lowest BCUT2D eigenvalue weighted by Crippen LogP contribution is -2.50. The summed E-state index contributed by atoms with van der Waals surface area (Å²) in [5, 5.41) is 6.01. The van der Waals surface area contributed by atoms with Crippen LogP contribution in [0.3, 0.4) is 0 Å². The van der Waals surface area contributed by atoms with Gasteiger partial charge in [-0.15, -0.1) is 0 Å². The van der Waals surface area contributed by atoms with E-state index in [2.05, 4.69) is 10.5 Å². The second-order valence-corrected chi connectivity index (χ2v) is 6.49. The molecule has 2 amide bonds. The molecule has 0 unspecified atom stereocenters. The second kappa shape index (κ2) is 8.01. The third-order valence-corrected chi connectivity index (χ3v) is 4.37. The van der Waals surface area contributed by atoms with Crippen LogP contribution < -0.4 is 5.32 Å². The molecule has 28 heavy (non-hydrogen) atoms. The van der Waals surface area contributed by atoms with Crippen LogP contribution in [0.5, 0.6) is 0 Å². The fraction of sp³-hybridized carbons (Fsp3) is 0.389. The van der Waals surface area contributed by atoms with Crippen molar-refractivity contribution in [2.45, 2.75) is 13.1 Å². The number of benzene rings is 1. The number of nitrogens with one attached hydrogen (secondary N) is 1. The van der Waals surface area contributed by atoms with E-state index >= 15 is 0 Å². The molecule has 2 aromatic rings. The summed E-state index contributed by atoms with van der Waals surface area (Å²) in [4.78, 5) is 27.8. The topological polar surface area (TPSA) is 78.7 Å². The highest BCUT2D eigenvalue weighted by molar-refractivity contribution is 5.93. The van der Waals surface area contributed by atoms with E-state index in [1.165, 1.54) is 18.2 Å². The van der Waals surface area contributed by atoms with Crippen molar-refractivity contribution in [1.82, 2.24) is 15.0 Å². The molecule has 1 saturated heterocycles. The monoisotopic (exact) mass is 396 g/mol. The van der Waals surface area contributed by atoms with Gasteiger partial charge in [-0.05, 0) is 19.1 Å². The van der Waals surface area contributed by atoms with Crippen molar-refractivity contribution >= 4 is 17.5 Å². The summed E-state index contributed by atoms with van der Waals surface area (Å²) in [7, 11) is 0. The van der Waals surface area contributed by atoms with Crippen molar-refractivity contribution in [3.05, 3.63) is 47.3 Å². The molecule has 1 N–H and O–H groups in total.